The number of aliphatic hydroxyl groups is 1. The van der Waals surface area contributed by atoms with E-state index in [-0.39, 0.29) is 35.9 Å². The largest absolute Gasteiger partial charge is 0.507 e. The number of amides is 5. The summed E-state index contributed by atoms with van der Waals surface area (Å²) in [5.74, 6) is -2.79. The number of rotatable bonds is 2. The van der Waals surface area contributed by atoms with E-state index >= 15 is 0 Å². The zero-order chi connectivity index (χ0) is 29.8. The van der Waals surface area contributed by atoms with Gasteiger partial charge < -0.3 is 40.7 Å². The average Bonchev–Trinajstić information content (AvgIpc) is 2.93. The van der Waals surface area contributed by atoms with Crippen LogP contribution in [0, 0.1) is 0 Å². The molecule has 3 aliphatic rings. The summed E-state index contributed by atoms with van der Waals surface area (Å²) in [5, 5.41) is 28.0. The van der Waals surface area contributed by atoms with Crippen molar-refractivity contribution in [1.29, 1.82) is 0 Å². The molecule has 0 saturated carbocycles. The fourth-order valence-corrected chi connectivity index (χ4v) is 4.48. The smallest absolute Gasteiger partial charge is 0.255 e. The molecule has 4 bridgehead atoms. The third kappa shape index (κ3) is 6.92. The fourth-order valence-electron chi connectivity index (χ4n) is 4.48. The summed E-state index contributed by atoms with van der Waals surface area (Å²) in [5.41, 5.74) is 0.502. The highest BCUT2D eigenvalue weighted by Crippen LogP contribution is 2.28. The topological polar surface area (TPSA) is 178 Å². The van der Waals surface area contributed by atoms with Crippen molar-refractivity contribution < 1.29 is 38.9 Å². The number of aromatic hydroxyl groups is 1. The van der Waals surface area contributed by atoms with Gasteiger partial charge in [-0.1, -0.05) is 12.1 Å². The molecule has 1 saturated heterocycles. The SMILES string of the molecule is C[C@@H]1NC(=O)[C@H]([C@@H](C)O)NC(=O)c2cc(ccc2O)Oc2ccc(cc2)C[C@@H](C(=O)N2CCN(C)C(=O)C2)NC1=O. The van der Waals surface area contributed by atoms with Crippen LogP contribution in [0.2, 0.25) is 0 Å². The van der Waals surface area contributed by atoms with E-state index in [1.807, 2.05) is 0 Å². The van der Waals surface area contributed by atoms with Crippen molar-refractivity contribution in [2.75, 3.05) is 26.7 Å². The maximum Gasteiger partial charge on any atom is 0.255 e. The molecule has 5 N–H and O–H groups in total. The van der Waals surface area contributed by atoms with Crippen molar-refractivity contribution in [3.05, 3.63) is 53.6 Å². The number of carbonyl (C=O) groups excluding carboxylic acids is 5. The van der Waals surface area contributed by atoms with Crippen LogP contribution in [-0.2, 0) is 25.6 Å². The molecule has 0 unspecified atom stereocenters. The summed E-state index contributed by atoms with van der Waals surface area (Å²) in [6, 6.07) is 7.08. The Kier molecular flexibility index (Phi) is 8.77. The summed E-state index contributed by atoms with van der Waals surface area (Å²) in [4.78, 5) is 67.8. The van der Waals surface area contributed by atoms with E-state index in [4.69, 9.17) is 4.74 Å². The molecule has 1 fully saturated rings. The van der Waals surface area contributed by atoms with Gasteiger partial charge in [0.2, 0.25) is 23.6 Å². The van der Waals surface area contributed by atoms with Crippen molar-refractivity contribution in [1.82, 2.24) is 25.8 Å². The van der Waals surface area contributed by atoms with Crippen LogP contribution in [0.5, 0.6) is 17.2 Å². The maximum atomic E-state index is 13.5. The number of hydrogen-bond acceptors (Lipinski definition) is 8. The van der Waals surface area contributed by atoms with Crippen molar-refractivity contribution >= 4 is 29.5 Å². The molecule has 2 aromatic rings. The summed E-state index contributed by atoms with van der Waals surface area (Å²) >= 11 is 0. The van der Waals surface area contributed by atoms with Crippen LogP contribution >= 0.6 is 0 Å². The van der Waals surface area contributed by atoms with E-state index in [1.165, 1.54) is 41.8 Å². The lowest BCUT2D eigenvalue weighted by Crippen LogP contribution is -2.60. The summed E-state index contributed by atoms with van der Waals surface area (Å²) in [6.45, 7) is 3.22. The van der Waals surface area contributed by atoms with E-state index in [0.717, 1.165) is 0 Å². The Morgan fingerprint density at radius 2 is 1.66 bits per heavy atom. The Bertz CT molecular complexity index is 1350. The van der Waals surface area contributed by atoms with Gasteiger partial charge in [0.1, 0.15) is 35.4 Å². The number of phenols is 1. The molecule has 0 spiro atoms. The molecule has 5 amide bonds. The number of carbonyl (C=O) groups is 5. The summed E-state index contributed by atoms with van der Waals surface area (Å²) in [6.07, 6.45) is -1.26. The highest BCUT2D eigenvalue weighted by molar-refractivity contribution is 6.01. The number of ether oxygens (including phenoxy) is 1. The molecule has 3 aliphatic heterocycles. The summed E-state index contributed by atoms with van der Waals surface area (Å²) < 4.78 is 5.83. The van der Waals surface area contributed by atoms with Gasteiger partial charge in [0, 0.05) is 26.6 Å². The van der Waals surface area contributed by atoms with Crippen molar-refractivity contribution in [3.8, 4) is 17.2 Å². The second-order valence-corrected chi connectivity index (χ2v) is 10.2. The standard InChI is InChI=1S/C28H33N5O8/c1-15-25(37)30-21(28(40)33-11-10-32(3)23(36)14-33)12-17-4-6-18(7-5-17)41-19-8-9-22(35)20(13-19)26(38)31-24(16(2)34)27(39)29-15/h4-9,13,15-16,21,24,34-35H,10-12,14H2,1-3H3,(H,29,39)(H,30,37)(H,31,38)/t15-,16+,21-,24-/m0/s1. The first-order valence-electron chi connectivity index (χ1n) is 13.1. The van der Waals surface area contributed by atoms with Gasteiger partial charge in [0.05, 0.1) is 18.2 Å². The Morgan fingerprint density at radius 3 is 2.32 bits per heavy atom. The number of nitrogens with one attached hydrogen (secondary N) is 3. The number of benzene rings is 2. The van der Waals surface area contributed by atoms with E-state index in [1.54, 1.807) is 31.3 Å². The third-order valence-electron chi connectivity index (χ3n) is 7.00. The number of piperazine rings is 1. The molecule has 13 nitrogen and oxygen atoms in total. The molecule has 3 heterocycles. The number of hydrogen-bond donors (Lipinski definition) is 5. The molecule has 13 heteroatoms. The number of phenolic OH excluding ortho intramolecular Hbond substituents is 1. The van der Waals surface area contributed by atoms with Crippen LogP contribution in [-0.4, -0.2) is 100 Å². The molecule has 4 atom stereocenters. The second-order valence-electron chi connectivity index (χ2n) is 10.2. The Morgan fingerprint density at radius 1 is 0.976 bits per heavy atom. The first-order chi connectivity index (χ1) is 19.4. The zero-order valence-corrected chi connectivity index (χ0v) is 22.9. The number of nitrogens with zero attached hydrogens (tertiary/aromatic N) is 2. The maximum absolute atomic E-state index is 13.5. The molecule has 0 aromatic heterocycles. The van der Waals surface area contributed by atoms with Gasteiger partial charge in [-0.2, -0.15) is 0 Å². The Balaban J connectivity index is 1.68. The fraction of sp³-hybridized carbons (Fsp3) is 0.393. The minimum atomic E-state index is -1.47. The highest BCUT2D eigenvalue weighted by atomic mass is 16.5. The van der Waals surface area contributed by atoms with Crippen molar-refractivity contribution in [3.63, 3.8) is 0 Å². The van der Waals surface area contributed by atoms with E-state index in [9.17, 15) is 34.2 Å². The molecule has 0 aliphatic carbocycles. The van der Waals surface area contributed by atoms with Gasteiger partial charge in [0.15, 0.2) is 0 Å². The van der Waals surface area contributed by atoms with E-state index in [2.05, 4.69) is 16.0 Å². The van der Waals surface area contributed by atoms with E-state index in [0.29, 0.717) is 24.4 Å². The first kappa shape index (κ1) is 29.3. The zero-order valence-electron chi connectivity index (χ0n) is 22.9. The third-order valence-corrected chi connectivity index (χ3v) is 7.00. The molecular weight excluding hydrogens is 534 g/mol. The van der Waals surface area contributed by atoms with Crippen LogP contribution in [0.3, 0.4) is 0 Å². The number of fused-ring (bicyclic) bond motifs is 11. The molecule has 0 radical (unpaired) electrons. The van der Waals surface area contributed by atoms with E-state index < -0.39 is 47.9 Å². The van der Waals surface area contributed by atoms with Crippen molar-refractivity contribution in [2.45, 2.75) is 44.5 Å². The number of likely N-dealkylation sites (N-methyl/N-ethyl adjacent to an activating group) is 1. The molecule has 41 heavy (non-hydrogen) atoms. The Labute approximate surface area is 236 Å². The lowest BCUT2D eigenvalue weighted by atomic mass is 10.0. The molecule has 218 valence electrons. The molecular formula is C28H33N5O8. The van der Waals surface area contributed by atoms with Crippen molar-refractivity contribution in [2.24, 2.45) is 0 Å². The van der Waals surface area contributed by atoms with Gasteiger partial charge in [0.25, 0.3) is 5.91 Å². The molecule has 5 rings (SSSR count). The minimum absolute atomic E-state index is 0.0990. The second kappa shape index (κ2) is 12.3. The quantitative estimate of drug-likeness (QED) is 0.302. The lowest BCUT2D eigenvalue weighted by Gasteiger charge is -2.34. The first-order valence-corrected chi connectivity index (χ1v) is 13.1. The summed E-state index contributed by atoms with van der Waals surface area (Å²) in [7, 11) is 1.65. The van der Waals surface area contributed by atoms with Crippen LogP contribution in [0.25, 0.3) is 0 Å². The predicted molar refractivity (Wildman–Crippen MR) is 145 cm³/mol. The van der Waals surface area contributed by atoms with Crippen LogP contribution in [0.15, 0.2) is 42.5 Å². The van der Waals surface area contributed by atoms with Gasteiger partial charge >= 0.3 is 0 Å². The average molecular weight is 568 g/mol. The van der Waals surface area contributed by atoms with Gasteiger partial charge in [-0.3, -0.25) is 24.0 Å². The van der Waals surface area contributed by atoms with Crippen LogP contribution < -0.4 is 20.7 Å². The van der Waals surface area contributed by atoms with Crippen LogP contribution in [0.4, 0.5) is 0 Å². The Hall–Kier alpha value is -4.65. The van der Waals surface area contributed by atoms with Gasteiger partial charge in [-0.25, -0.2) is 0 Å². The van der Waals surface area contributed by atoms with Gasteiger partial charge in [-0.05, 0) is 49.7 Å². The highest BCUT2D eigenvalue weighted by Gasteiger charge is 2.34. The lowest BCUT2D eigenvalue weighted by molar-refractivity contribution is -0.146. The van der Waals surface area contributed by atoms with Crippen LogP contribution in [0.1, 0.15) is 29.8 Å². The number of aliphatic hydroxyl groups excluding tert-OH is 1. The normalized spacial score (nSPS) is 23.0. The predicted octanol–water partition coefficient (Wildman–Crippen LogP) is -0.490. The van der Waals surface area contributed by atoms with Gasteiger partial charge in [-0.15, -0.1) is 0 Å². The molecule has 2 aromatic carbocycles. The minimum Gasteiger partial charge on any atom is -0.507 e. The monoisotopic (exact) mass is 567 g/mol.